The minimum atomic E-state index is -3.93. The Morgan fingerprint density at radius 1 is 1.23 bits per heavy atom. The van der Waals surface area contributed by atoms with Crippen LogP contribution in [0.25, 0.3) is 0 Å². The van der Waals surface area contributed by atoms with E-state index in [1.165, 1.54) is 0 Å². The number of rotatable bonds is 6. The third-order valence-electron chi connectivity index (χ3n) is 5.32. The van der Waals surface area contributed by atoms with Gasteiger partial charge in [-0.2, -0.15) is 0 Å². The van der Waals surface area contributed by atoms with Gasteiger partial charge in [0.15, 0.2) is 0 Å². The SMILES string of the molecule is CCC1(CC)CC(NS(=O)(=O)c2nnc(NC(=O)C(C)(C)C)s2)c2ccccc2O1. The third kappa shape index (κ3) is 4.65. The molecule has 2 aromatic rings. The van der Waals surface area contributed by atoms with Crippen molar-refractivity contribution in [2.75, 3.05) is 5.32 Å². The number of benzene rings is 1. The standard InChI is InChI=1S/C20H28N4O4S2/c1-6-20(7-2)12-14(13-10-8-9-11-15(13)28-20)24-30(26,27)18-23-22-17(29-18)21-16(25)19(3,4)5/h8-11,14,24H,6-7,12H2,1-5H3,(H,21,22,25). The van der Waals surface area contributed by atoms with Crippen LogP contribution in [-0.2, 0) is 14.8 Å². The van der Waals surface area contributed by atoms with E-state index < -0.39 is 27.1 Å². The van der Waals surface area contributed by atoms with Gasteiger partial charge in [-0.15, -0.1) is 10.2 Å². The second-order valence-corrected chi connectivity index (χ2v) is 11.4. The molecule has 1 aliphatic rings. The number of carbonyl (C=O) groups excluding carboxylic acids is 1. The van der Waals surface area contributed by atoms with Crippen LogP contribution >= 0.6 is 11.3 Å². The van der Waals surface area contributed by atoms with E-state index in [4.69, 9.17) is 4.74 Å². The number of fused-ring (bicyclic) bond motifs is 1. The van der Waals surface area contributed by atoms with Gasteiger partial charge in [0, 0.05) is 17.4 Å². The molecule has 2 N–H and O–H groups in total. The van der Waals surface area contributed by atoms with E-state index in [2.05, 4.69) is 20.2 Å². The Bertz CT molecular complexity index is 1020. The summed E-state index contributed by atoms with van der Waals surface area (Å²) < 4.78 is 34.9. The van der Waals surface area contributed by atoms with Crippen LogP contribution in [0.4, 0.5) is 5.13 Å². The van der Waals surface area contributed by atoms with Crippen molar-refractivity contribution in [1.29, 1.82) is 0 Å². The molecule has 0 spiro atoms. The Labute approximate surface area is 181 Å². The molecule has 0 radical (unpaired) electrons. The Morgan fingerprint density at radius 3 is 2.53 bits per heavy atom. The highest BCUT2D eigenvalue weighted by Crippen LogP contribution is 2.43. The Morgan fingerprint density at radius 2 is 1.90 bits per heavy atom. The van der Waals surface area contributed by atoms with Gasteiger partial charge in [0.05, 0.1) is 6.04 Å². The van der Waals surface area contributed by atoms with Gasteiger partial charge in [0.1, 0.15) is 11.4 Å². The second kappa shape index (κ2) is 8.24. The zero-order valence-corrected chi connectivity index (χ0v) is 19.5. The second-order valence-electron chi connectivity index (χ2n) is 8.49. The molecule has 164 valence electrons. The van der Waals surface area contributed by atoms with Gasteiger partial charge < -0.3 is 10.1 Å². The number of amides is 1. The van der Waals surface area contributed by atoms with E-state index in [0.717, 1.165) is 29.7 Å². The molecule has 1 atom stereocenters. The largest absolute Gasteiger partial charge is 0.487 e. The van der Waals surface area contributed by atoms with Crippen LogP contribution in [0.1, 0.15) is 65.5 Å². The zero-order valence-electron chi connectivity index (χ0n) is 17.9. The number of ether oxygens (including phenoxy) is 1. The molecule has 1 aromatic carbocycles. The number of anilines is 1. The van der Waals surface area contributed by atoms with Gasteiger partial charge in [-0.1, -0.05) is 64.2 Å². The number of hydrogen-bond acceptors (Lipinski definition) is 7. The summed E-state index contributed by atoms with van der Waals surface area (Å²) in [5.41, 5.74) is -0.267. The van der Waals surface area contributed by atoms with E-state index in [1.54, 1.807) is 20.8 Å². The van der Waals surface area contributed by atoms with Gasteiger partial charge in [-0.25, -0.2) is 13.1 Å². The third-order valence-corrected chi connectivity index (χ3v) is 8.00. The predicted octanol–water partition coefficient (Wildman–Crippen LogP) is 3.88. The van der Waals surface area contributed by atoms with Crippen molar-refractivity contribution < 1.29 is 17.9 Å². The lowest BCUT2D eigenvalue weighted by Gasteiger charge is -2.41. The summed E-state index contributed by atoms with van der Waals surface area (Å²) in [7, 11) is -3.93. The summed E-state index contributed by atoms with van der Waals surface area (Å²) >= 11 is 0.830. The number of sulfonamides is 1. The fraction of sp³-hybridized carbons (Fsp3) is 0.550. The van der Waals surface area contributed by atoms with Crippen molar-refractivity contribution in [3.05, 3.63) is 29.8 Å². The molecule has 3 rings (SSSR count). The molecule has 0 bridgehead atoms. The molecular weight excluding hydrogens is 424 g/mol. The Kier molecular flexibility index (Phi) is 6.22. The number of nitrogens with zero attached hydrogens (tertiary/aromatic N) is 2. The zero-order chi connectivity index (χ0) is 22.2. The van der Waals surface area contributed by atoms with Gasteiger partial charge >= 0.3 is 0 Å². The van der Waals surface area contributed by atoms with Crippen molar-refractivity contribution in [2.45, 2.75) is 69.9 Å². The lowest BCUT2D eigenvalue weighted by atomic mass is 9.84. The molecule has 10 heteroatoms. The molecule has 1 amide bonds. The number of aromatic nitrogens is 2. The normalized spacial score (nSPS) is 18.4. The monoisotopic (exact) mass is 452 g/mol. The summed E-state index contributed by atoms with van der Waals surface area (Å²) in [5.74, 6) is 0.431. The molecule has 1 aliphatic heterocycles. The van der Waals surface area contributed by atoms with Crippen molar-refractivity contribution in [1.82, 2.24) is 14.9 Å². The Balaban J connectivity index is 1.85. The predicted molar refractivity (Wildman–Crippen MR) is 116 cm³/mol. The summed E-state index contributed by atoms with van der Waals surface area (Å²) in [5, 5.41) is 10.4. The maximum atomic E-state index is 13.0. The highest BCUT2D eigenvalue weighted by atomic mass is 32.2. The van der Waals surface area contributed by atoms with Crippen LogP contribution < -0.4 is 14.8 Å². The first-order valence-electron chi connectivity index (χ1n) is 9.95. The average Bonchev–Trinajstić information content (AvgIpc) is 3.16. The first-order valence-corrected chi connectivity index (χ1v) is 12.2. The summed E-state index contributed by atoms with van der Waals surface area (Å²) in [6.45, 7) is 9.37. The maximum absolute atomic E-state index is 13.0. The molecular formula is C20H28N4O4S2. The maximum Gasteiger partial charge on any atom is 0.270 e. The molecule has 30 heavy (non-hydrogen) atoms. The number of nitrogens with one attached hydrogen (secondary N) is 2. The van der Waals surface area contributed by atoms with Crippen LogP contribution in [0, 0.1) is 5.41 Å². The summed E-state index contributed by atoms with van der Waals surface area (Å²) in [6.07, 6.45) is 2.04. The van der Waals surface area contributed by atoms with Gasteiger partial charge in [-0.3, -0.25) is 4.79 Å². The minimum Gasteiger partial charge on any atom is -0.487 e. The molecule has 1 unspecified atom stereocenters. The minimum absolute atomic E-state index is 0.152. The lowest BCUT2D eigenvalue weighted by Crippen LogP contribution is -2.44. The van der Waals surface area contributed by atoms with Crippen LogP contribution in [0.15, 0.2) is 28.6 Å². The van der Waals surface area contributed by atoms with E-state index in [9.17, 15) is 13.2 Å². The smallest absolute Gasteiger partial charge is 0.270 e. The lowest BCUT2D eigenvalue weighted by molar-refractivity contribution is -0.123. The van der Waals surface area contributed by atoms with E-state index in [0.29, 0.717) is 12.2 Å². The van der Waals surface area contributed by atoms with Crippen LogP contribution in [0.3, 0.4) is 0 Å². The molecule has 0 aliphatic carbocycles. The first kappa shape index (κ1) is 22.6. The summed E-state index contributed by atoms with van der Waals surface area (Å²) in [4.78, 5) is 12.1. The van der Waals surface area contributed by atoms with Crippen molar-refractivity contribution in [3.8, 4) is 5.75 Å². The quantitative estimate of drug-likeness (QED) is 0.644. The molecule has 0 fully saturated rings. The van der Waals surface area contributed by atoms with Crippen LogP contribution in [0.5, 0.6) is 5.75 Å². The van der Waals surface area contributed by atoms with E-state index >= 15 is 0 Å². The number of carbonyl (C=O) groups is 1. The van der Waals surface area contributed by atoms with Crippen LogP contribution in [0.2, 0.25) is 0 Å². The molecule has 0 saturated heterocycles. The first-order chi connectivity index (χ1) is 14.0. The van der Waals surface area contributed by atoms with Gasteiger partial charge in [0.2, 0.25) is 15.4 Å². The number of para-hydroxylation sites is 1. The molecule has 0 saturated carbocycles. The topological polar surface area (TPSA) is 110 Å². The highest BCUT2D eigenvalue weighted by molar-refractivity contribution is 7.91. The van der Waals surface area contributed by atoms with Crippen molar-refractivity contribution in [2.24, 2.45) is 5.41 Å². The summed E-state index contributed by atoms with van der Waals surface area (Å²) in [6, 6.07) is 7.02. The highest BCUT2D eigenvalue weighted by Gasteiger charge is 2.40. The van der Waals surface area contributed by atoms with E-state index in [-0.39, 0.29) is 15.4 Å². The van der Waals surface area contributed by atoms with Crippen molar-refractivity contribution >= 4 is 32.4 Å². The molecule has 1 aromatic heterocycles. The van der Waals surface area contributed by atoms with Crippen LogP contribution in [-0.4, -0.2) is 30.1 Å². The van der Waals surface area contributed by atoms with Gasteiger partial charge in [0.25, 0.3) is 10.0 Å². The Hall–Kier alpha value is -2.04. The molecule has 8 nitrogen and oxygen atoms in total. The van der Waals surface area contributed by atoms with E-state index in [1.807, 2.05) is 38.1 Å². The molecule has 2 heterocycles. The van der Waals surface area contributed by atoms with Gasteiger partial charge in [-0.05, 0) is 18.9 Å². The number of hydrogen-bond donors (Lipinski definition) is 2. The fourth-order valence-electron chi connectivity index (χ4n) is 3.30. The average molecular weight is 453 g/mol. The fourth-order valence-corrected chi connectivity index (χ4v) is 5.42. The van der Waals surface area contributed by atoms with Crippen molar-refractivity contribution in [3.63, 3.8) is 0 Å².